The van der Waals surface area contributed by atoms with Crippen molar-refractivity contribution in [3.63, 3.8) is 0 Å². The van der Waals surface area contributed by atoms with Crippen LogP contribution in [-0.2, 0) is 9.84 Å². The van der Waals surface area contributed by atoms with Gasteiger partial charge in [-0.1, -0.05) is 22.4 Å². The molecule has 0 saturated heterocycles. The summed E-state index contributed by atoms with van der Waals surface area (Å²) in [5, 5.41) is 0. The van der Waals surface area contributed by atoms with Gasteiger partial charge in [-0.25, -0.2) is 8.42 Å². The number of sulfone groups is 1. The van der Waals surface area contributed by atoms with Crippen LogP contribution in [0.15, 0.2) is 27.6 Å². The molecule has 0 unspecified atom stereocenters. The van der Waals surface area contributed by atoms with Gasteiger partial charge in [0.15, 0.2) is 9.84 Å². The zero-order valence-corrected chi connectivity index (χ0v) is 11.2. The molecule has 0 spiro atoms. The van der Waals surface area contributed by atoms with E-state index in [-0.39, 0.29) is 10.6 Å². The molecule has 1 aliphatic rings. The first kappa shape index (κ1) is 11.9. The second-order valence-corrected chi connectivity index (χ2v) is 7.18. The summed E-state index contributed by atoms with van der Waals surface area (Å²) in [4.78, 5) is 0.266. The van der Waals surface area contributed by atoms with E-state index in [1.165, 1.54) is 0 Å². The Labute approximate surface area is 104 Å². The lowest BCUT2D eigenvalue weighted by molar-refractivity contribution is 0.347. The normalized spacial score (nSPS) is 17.1. The molecule has 2 N–H and O–H groups in total. The standard InChI is InChI=1S/C11H14BrNO2S/c12-9-4-5-11(10(13)6-9)16(14,15)7-8-2-1-3-8/h4-6,8H,1-3,7,13H2. The van der Waals surface area contributed by atoms with Gasteiger partial charge in [0.1, 0.15) is 0 Å². The minimum atomic E-state index is -3.21. The van der Waals surface area contributed by atoms with E-state index < -0.39 is 9.84 Å². The van der Waals surface area contributed by atoms with Crippen LogP contribution < -0.4 is 5.73 Å². The van der Waals surface area contributed by atoms with Crippen molar-refractivity contribution in [1.82, 2.24) is 0 Å². The van der Waals surface area contributed by atoms with E-state index >= 15 is 0 Å². The van der Waals surface area contributed by atoms with Gasteiger partial charge in [-0.3, -0.25) is 0 Å². The van der Waals surface area contributed by atoms with Crippen LogP contribution in [0.4, 0.5) is 5.69 Å². The topological polar surface area (TPSA) is 60.2 Å². The summed E-state index contributed by atoms with van der Waals surface area (Å²) >= 11 is 3.26. The molecule has 16 heavy (non-hydrogen) atoms. The Balaban J connectivity index is 2.27. The summed E-state index contributed by atoms with van der Waals surface area (Å²) < 4.78 is 24.9. The number of benzene rings is 1. The van der Waals surface area contributed by atoms with Crippen molar-refractivity contribution in [3.05, 3.63) is 22.7 Å². The molecule has 0 heterocycles. The van der Waals surface area contributed by atoms with Crippen LogP contribution in [0.1, 0.15) is 19.3 Å². The molecule has 0 atom stereocenters. The lowest BCUT2D eigenvalue weighted by Gasteiger charge is -2.25. The first-order chi connectivity index (χ1) is 7.49. The highest BCUT2D eigenvalue weighted by Gasteiger charge is 2.26. The van der Waals surface area contributed by atoms with Crippen LogP contribution in [0.25, 0.3) is 0 Å². The first-order valence-corrected chi connectivity index (χ1v) is 7.71. The fourth-order valence-electron chi connectivity index (χ4n) is 1.86. The average Bonchev–Trinajstić information content (AvgIpc) is 2.11. The fourth-order valence-corrected chi connectivity index (χ4v) is 4.07. The summed E-state index contributed by atoms with van der Waals surface area (Å²) in [6, 6.07) is 4.92. The van der Waals surface area contributed by atoms with Crippen molar-refractivity contribution in [2.75, 3.05) is 11.5 Å². The van der Waals surface area contributed by atoms with Gasteiger partial charge in [0.2, 0.25) is 0 Å². The van der Waals surface area contributed by atoms with Gasteiger partial charge in [0, 0.05) is 4.47 Å². The Bertz CT molecular complexity index is 495. The lowest BCUT2D eigenvalue weighted by atomic mass is 9.87. The molecule has 0 radical (unpaired) electrons. The van der Waals surface area contributed by atoms with Gasteiger partial charge < -0.3 is 5.73 Å². The third-order valence-corrected chi connectivity index (χ3v) is 5.43. The number of anilines is 1. The predicted molar refractivity (Wildman–Crippen MR) is 67.9 cm³/mol. The lowest BCUT2D eigenvalue weighted by Crippen LogP contribution is -2.22. The molecule has 1 aromatic carbocycles. The highest BCUT2D eigenvalue weighted by atomic mass is 79.9. The molecule has 88 valence electrons. The molecule has 0 amide bonds. The second-order valence-electron chi connectivity index (χ2n) is 4.26. The number of rotatable bonds is 3. The van der Waals surface area contributed by atoms with E-state index in [0.29, 0.717) is 11.6 Å². The third-order valence-electron chi connectivity index (χ3n) is 2.99. The summed E-state index contributed by atoms with van der Waals surface area (Å²) in [5.41, 5.74) is 6.06. The zero-order valence-electron chi connectivity index (χ0n) is 8.82. The van der Waals surface area contributed by atoms with E-state index in [4.69, 9.17) is 5.73 Å². The van der Waals surface area contributed by atoms with Crippen LogP contribution in [0.5, 0.6) is 0 Å². The fraction of sp³-hybridized carbons (Fsp3) is 0.455. The van der Waals surface area contributed by atoms with Crippen molar-refractivity contribution in [1.29, 1.82) is 0 Å². The highest BCUT2D eigenvalue weighted by Crippen LogP contribution is 2.31. The molecule has 1 saturated carbocycles. The van der Waals surface area contributed by atoms with Crippen LogP contribution in [0, 0.1) is 5.92 Å². The van der Waals surface area contributed by atoms with Crippen LogP contribution >= 0.6 is 15.9 Å². The Kier molecular flexibility index (Phi) is 3.26. The van der Waals surface area contributed by atoms with Gasteiger partial charge in [-0.15, -0.1) is 0 Å². The number of halogens is 1. The maximum absolute atomic E-state index is 12.1. The Morgan fingerprint density at radius 2 is 2.06 bits per heavy atom. The van der Waals surface area contributed by atoms with Crippen molar-refractivity contribution in [2.45, 2.75) is 24.2 Å². The smallest absolute Gasteiger partial charge is 0.180 e. The van der Waals surface area contributed by atoms with E-state index in [2.05, 4.69) is 15.9 Å². The monoisotopic (exact) mass is 303 g/mol. The average molecular weight is 304 g/mol. The molecule has 0 bridgehead atoms. The minimum Gasteiger partial charge on any atom is -0.398 e. The summed E-state index contributed by atoms with van der Waals surface area (Å²) in [5.74, 6) is 0.562. The van der Waals surface area contributed by atoms with Crippen molar-refractivity contribution < 1.29 is 8.42 Å². The van der Waals surface area contributed by atoms with E-state index in [0.717, 1.165) is 23.7 Å². The molecule has 1 aromatic rings. The van der Waals surface area contributed by atoms with Gasteiger partial charge in [0.25, 0.3) is 0 Å². The van der Waals surface area contributed by atoms with Gasteiger partial charge in [0.05, 0.1) is 16.3 Å². The SMILES string of the molecule is Nc1cc(Br)ccc1S(=O)(=O)CC1CCC1. The zero-order chi connectivity index (χ0) is 11.8. The Morgan fingerprint density at radius 1 is 1.38 bits per heavy atom. The van der Waals surface area contributed by atoms with Crippen molar-refractivity contribution >= 4 is 31.5 Å². The van der Waals surface area contributed by atoms with Gasteiger partial charge in [-0.05, 0) is 37.0 Å². The molecule has 1 aliphatic carbocycles. The number of hydrogen-bond donors (Lipinski definition) is 1. The van der Waals surface area contributed by atoms with Crippen LogP contribution in [0.2, 0.25) is 0 Å². The molecule has 5 heteroatoms. The van der Waals surface area contributed by atoms with Crippen molar-refractivity contribution in [2.24, 2.45) is 5.92 Å². The molecular weight excluding hydrogens is 290 g/mol. The summed E-state index contributed by atoms with van der Waals surface area (Å²) in [7, 11) is -3.21. The first-order valence-electron chi connectivity index (χ1n) is 5.27. The van der Waals surface area contributed by atoms with E-state index in [9.17, 15) is 8.42 Å². The van der Waals surface area contributed by atoms with Crippen LogP contribution in [0.3, 0.4) is 0 Å². The maximum atomic E-state index is 12.1. The van der Waals surface area contributed by atoms with E-state index in [1.54, 1.807) is 18.2 Å². The Morgan fingerprint density at radius 3 is 2.56 bits per heavy atom. The molecule has 0 aromatic heterocycles. The predicted octanol–water partition coefficient (Wildman–Crippen LogP) is 2.61. The van der Waals surface area contributed by atoms with Gasteiger partial charge in [-0.2, -0.15) is 0 Å². The molecular formula is C11H14BrNO2S. The second kappa shape index (κ2) is 4.37. The van der Waals surface area contributed by atoms with Gasteiger partial charge >= 0.3 is 0 Å². The summed E-state index contributed by atoms with van der Waals surface area (Å²) in [6.45, 7) is 0. The molecule has 2 rings (SSSR count). The molecule has 0 aliphatic heterocycles. The third kappa shape index (κ3) is 2.40. The minimum absolute atomic E-state index is 0.235. The molecule has 3 nitrogen and oxygen atoms in total. The van der Waals surface area contributed by atoms with E-state index in [1.807, 2.05) is 0 Å². The van der Waals surface area contributed by atoms with Crippen molar-refractivity contribution in [3.8, 4) is 0 Å². The Hall–Kier alpha value is -0.550. The number of hydrogen-bond acceptors (Lipinski definition) is 3. The number of nitrogen functional groups attached to an aromatic ring is 1. The maximum Gasteiger partial charge on any atom is 0.180 e. The largest absolute Gasteiger partial charge is 0.398 e. The van der Waals surface area contributed by atoms with Crippen LogP contribution in [-0.4, -0.2) is 14.2 Å². The number of nitrogens with two attached hydrogens (primary N) is 1. The molecule has 1 fully saturated rings. The quantitative estimate of drug-likeness (QED) is 0.873. The summed E-state index contributed by atoms with van der Waals surface area (Å²) in [6.07, 6.45) is 3.20. The highest BCUT2D eigenvalue weighted by molar-refractivity contribution is 9.10.